The SMILES string of the molecule is Cc1ccc2c(oc3c2ccc2ccc4ccccc4c23)c1-c1n(C)c2ccccc2[n+]1C. The van der Waals surface area contributed by atoms with Crippen LogP contribution < -0.4 is 4.57 Å². The van der Waals surface area contributed by atoms with Gasteiger partial charge in [0, 0.05) is 16.2 Å². The smallest absolute Gasteiger partial charge is 0.293 e. The maximum atomic E-state index is 6.82. The van der Waals surface area contributed by atoms with Gasteiger partial charge in [-0.05, 0) is 46.8 Å². The molecule has 5 aromatic carbocycles. The lowest BCUT2D eigenvalue weighted by molar-refractivity contribution is -0.634. The first kappa shape index (κ1) is 18.5. The van der Waals surface area contributed by atoms with Crippen LogP contribution in [0.5, 0.6) is 0 Å². The second kappa shape index (κ2) is 6.46. The van der Waals surface area contributed by atoms with Gasteiger partial charge in [-0.15, -0.1) is 0 Å². The highest BCUT2D eigenvalue weighted by molar-refractivity contribution is 6.23. The number of aromatic nitrogens is 2. The summed E-state index contributed by atoms with van der Waals surface area (Å²) < 4.78 is 11.4. The average Bonchev–Trinajstić information content (AvgIpc) is 3.34. The molecule has 0 fully saturated rings. The molecule has 0 radical (unpaired) electrons. The van der Waals surface area contributed by atoms with Crippen molar-refractivity contribution in [3.63, 3.8) is 0 Å². The molecule has 0 saturated carbocycles. The first-order chi connectivity index (χ1) is 16.1. The van der Waals surface area contributed by atoms with E-state index >= 15 is 0 Å². The summed E-state index contributed by atoms with van der Waals surface area (Å²) in [6.45, 7) is 2.17. The Morgan fingerprint density at radius 2 is 1.39 bits per heavy atom. The topological polar surface area (TPSA) is 21.9 Å². The number of imidazole rings is 1. The van der Waals surface area contributed by atoms with Crippen LogP contribution >= 0.6 is 0 Å². The predicted molar refractivity (Wildman–Crippen MR) is 137 cm³/mol. The Labute approximate surface area is 191 Å². The molecule has 3 nitrogen and oxygen atoms in total. The van der Waals surface area contributed by atoms with Gasteiger partial charge < -0.3 is 4.42 Å². The van der Waals surface area contributed by atoms with Gasteiger partial charge in [0.05, 0.1) is 14.1 Å². The molecule has 33 heavy (non-hydrogen) atoms. The molecular weight excluding hydrogens is 404 g/mol. The van der Waals surface area contributed by atoms with Crippen LogP contribution in [0.25, 0.3) is 65.9 Å². The lowest BCUT2D eigenvalue weighted by Gasteiger charge is -2.04. The summed E-state index contributed by atoms with van der Waals surface area (Å²) in [7, 11) is 4.28. The summed E-state index contributed by atoms with van der Waals surface area (Å²) >= 11 is 0. The number of fused-ring (bicyclic) bond motifs is 8. The summed E-state index contributed by atoms with van der Waals surface area (Å²) in [6.07, 6.45) is 0. The molecule has 0 unspecified atom stereocenters. The summed E-state index contributed by atoms with van der Waals surface area (Å²) in [4.78, 5) is 0. The van der Waals surface area contributed by atoms with Crippen molar-refractivity contribution >= 4 is 54.5 Å². The third-order valence-corrected chi connectivity index (χ3v) is 7.19. The third kappa shape index (κ3) is 2.37. The second-order valence-electron chi connectivity index (χ2n) is 8.99. The van der Waals surface area contributed by atoms with E-state index in [1.807, 2.05) is 0 Å². The van der Waals surface area contributed by atoms with Crippen molar-refractivity contribution in [2.45, 2.75) is 6.92 Å². The van der Waals surface area contributed by atoms with Gasteiger partial charge in [0.2, 0.25) is 0 Å². The fourth-order valence-corrected chi connectivity index (χ4v) is 5.58. The summed E-state index contributed by atoms with van der Waals surface area (Å²) in [5.41, 5.74) is 6.69. The number of aryl methyl sites for hydroxylation is 3. The van der Waals surface area contributed by atoms with E-state index in [0.29, 0.717) is 0 Å². The van der Waals surface area contributed by atoms with E-state index in [4.69, 9.17) is 4.42 Å². The molecule has 0 N–H and O–H groups in total. The quantitative estimate of drug-likeness (QED) is 0.201. The van der Waals surface area contributed by atoms with E-state index in [2.05, 4.69) is 115 Å². The van der Waals surface area contributed by atoms with Crippen LogP contribution in [-0.2, 0) is 14.1 Å². The maximum absolute atomic E-state index is 6.82. The van der Waals surface area contributed by atoms with Gasteiger partial charge in [0.25, 0.3) is 5.82 Å². The van der Waals surface area contributed by atoms with Crippen molar-refractivity contribution in [2.75, 3.05) is 0 Å². The van der Waals surface area contributed by atoms with Gasteiger partial charge in [0.1, 0.15) is 11.1 Å². The molecule has 7 rings (SSSR count). The van der Waals surface area contributed by atoms with Gasteiger partial charge >= 0.3 is 0 Å². The average molecular weight is 428 g/mol. The zero-order valence-corrected chi connectivity index (χ0v) is 18.9. The minimum atomic E-state index is 0.951. The number of hydrogen-bond acceptors (Lipinski definition) is 1. The fraction of sp³-hybridized carbons (Fsp3) is 0.100. The molecule has 0 amide bonds. The van der Waals surface area contributed by atoms with Crippen molar-refractivity contribution in [1.29, 1.82) is 0 Å². The lowest BCUT2D eigenvalue weighted by Crippen LogP contribution is -2.30. The Bertz CT molecular complexity index is 1860. The Balaban J connectivity index is 1.68. The number of para-hydroxylation sites is 2. The number of hydrogen-bond donors (Lipinski definition) is 0. The van der Waals surface area contributed by atoms with E-state index in [-0.39, 0.29) is 0 Å². The normalized spacial score (nSPS) is 12.1. The van der Waals surface area contributed by atoms with Gasteiger partial charge in [-0.1, -0.05) is 66.7 Å². The van der Waals surface area contributed by atoms with Gasteiger partial charge in [-0.3, -0.25) is 0 Å². The number of benzene rings is 5. The molecule has 0 aliphatic rings. The minimum absolute atomic E-state index is 0.951. The summed E-state index contributed by atoms with van der Waals surface area (Å²) in [5, 5.41) is 7.17. The molecular formula is C30H23N2O+. The molecule has 0 saturated heterocycles. The first-order valence-corrected chi connectivity index (χ1v) is 11.3. The molecule has 0 aliphatic heterocycles. The van der Waals surface area contributed by atoms with Crippen molar-refractivity contribution in [2.24, 2.45) is 14.1 Å². The van der Waals surface area contributed by atoms with E-state index in [1.165, 1.54) is 38.1 Å². The van der Waals surface area contributed by atoms with Crippen LogP contribution in [0.3, 0.4) is 0 Å². The van der Waals surface area contributed by atoms with Gasteiger partial charge in [-0.2, -0.15) is 0 Å². The van der Waals surface area contributed by atoms with Crippen LogP contribution in [0.2, 0.25) is 0 Å². The summed E-state index contributed by atoms with van der Waals surface area (Å²) in [6, 6.07) is 30.3. The standard InChI is InChI=1S/C30H23N2O/c1-18-12-16-22-23-17-15-20-14-13-19-8-4-5-9-21(19)27(20)29(23)33-28(22)26(18)30-31(2)24-10-6-7-11-25(24)32(30)3/h4-17H,1-3H3/q+1. The van der Waals surface area contributed by atoms with Crippen molar-refractivity contribution in [1.82, 2.24) is 4.57 Å². The van der Waals surface area contributed by atoms with Crippen molar-refractivity contribution in [3.8, 4) is 11.4 Å². The molecule has 2 aromatic heterocycles. The van der Waals surface area contributed by atoms with Crippen LogP contribution in [0.15, 0.2) is 89.3 Å². The zero-order chi connectivity index (χ0) is 22.3. The first-order valence-electron chi connectivity index (χ1n) is 11.3. The third-order valence-electron chi connectivity index (χ3n) is 7.19. The Morgan fingerprint density at radius 1 is 0.697 bits per heavy atom. The zero-order valence-electron chi connectivity index (χ0n) is 18.9. The molecule has 7 aromatic rings. The molecule has 158 valence electrons. The highest BCUT2D eigenvalue weighted by atomic mass is 16.3. The largest absolute Gasteiger partial charge is 0.454 e. The lowest BCUT2D eigenvalue weighted by atomic mass is 9.98. The molecule has 0 aliphatic carbocycles. The number of rotatable bonds is 1. The van der Waals surface area contributed by atoms with E-state index in [0.717, 1.165) is 33.3 Å². The molecule has 0 atom stereocenters. The fourth-order valence-electron chi connectivity index (χ4n) is 5.58. The van der Waals surface area contributed by atoms with Crippen LogP contribution in [0, 0.1) is 6.92 Å². The Hall–Kier alpha value is -4.11. The molecule has 0 bridgehead atoms. The predicted octanol–water partition coefficient (Wildman–Crippen LogP) is 7.18. The van der Waals surface area contributed by atoms with Crippen LogP contribution in [0.4, 0.5) is 0 Å². The van der Waals surface area contributed by atoms with Crippen molar-refractivity contribution in [3.05, 3.63) is 90.5 Å². The number of nitrogens with zero attached hydrogens (tertiary/aromatic N) is 2. The van der Waals surface area contributed by atoms with E-state index < -0.39 is 0 Å². The Kier molecular flexibility index (Phi) is 3.61. The highest BCUT2D eigenvalue weighted by Gasteiger charge is 2.27. The van der Waals surface area contributed by atoms with Crippen LogP contribution in [-0.4, -0.2) is 4.57 Å². The maximum Gasteiger partial charge on any atom is 0.293 e. The second-order valence-corrected chi connectivity index (χ2v) is 8.99. The molecule has 3 heteroatoms. The van der Waals surface area contributed by atoms with Crippen LogP contribution in [0.1, 0.15) is 5.56 Å². The van der Waals surface area contributed by atoms with Gasteiger partial charge in [-0.25, -0.2) is 9.13 Å². The minimum Gasteiger partial charge on any atom is -0.454 e. The van der Waals surface area contributed by atoms with Crippen molar-refractivity contribution < 1.29 is 8.98 Å². The van der Waals surface area contributed by atoms with E-state index in [1.54, 1.807) is 0 Å². The van der Waals surface area contributed by atoms with E-state index in [9.17, 15) is 0 Å². The molecule has 2 heterocycles. The molecule has 0 spiro atoms. The highest BCUT2D eigenvalue weighted by Crippen LogP contribution is 2.41. The summed E-state index contributed by atoms with van der Waals surface area (Å²) in [5.74, 6) is 1.15. The monoisotopic (exact) mass is 427 g/mol. The number of furan rings is 1. The van der Waals surface area contributed by atoms with Gasteiger partial charge in [0.15, 0.2) is 16.6 Å². The Morgan fingerprint density at radius 3 is 2.27 bits per heavy atom.